The van der Waals surface area contributed by atoms with Crippen LogP contribution in [-0.4, -0.2) is 19.1 Å². The molecule has 2 aromatic rings. The Morgan fingerprint density at radius 3 is 2.57 bits per heavy atom. The maximum atomic E-state index is 14.2. The maximum Gasteiger partial charge on any atom is 0.148 e. The number of rotatable bonds is 6. The van der Waals surface area contributed by atoms with Gasteiger partial charge in [0.25, 0.3) is 0 Å². The summed E-state index contributed by atoms with van der Waals surface area (Å²) < 4.78 is 19.5. The number of anilines is 2. The van der Waals surface area contributed by atoms with E-state index in [9.17, 15) is 4.39 Å². The standard InChI is InChI=1S/C17H23FN2O/c1-12(2)20(4)17-8-7-14(11-16(17)18)19-13(3)10-15-6-5-9-21-15/h5-9,11-13,19H,10H2,1-4H3. The molecule has 2 rings (SSSR count). The van der Waals surface area contributed by atoms with Crippen molar-refractivity contribution in [3.8, 4) is 0 Å². The summed E-state index contributed by atoms with van der Waals surface area (Å²) in [6.07, 6.45) is 2.43. The third-order valence-electron chi connectivity index (χ3n) is 3.60. The summed E-state index contributed by atoms with van der Waals surface area (Å²) in [6.45, 7) is 6.13. The van der Waals surface area contributed by atoms with Gasteiger partial charge in [-0.1, -0.05) is 0 Å². The van der Waals surface area contributed by atoms with Crippen molar-refractivity contribution in [2.24, 2.45) is 0 Å². The van der Waals surface area contributed by atoms with Crippen LogP contribution in [-0.2, 0) is 6.42 Å². The fourth-order valence-electron chi connectivity index (χ4n) is 2.23. The first-order valence-corrected chi connectivity index (χ1v) is 7.28. The van der Waals surface area contributed by atoms with E-state index in [1.54, 1.807) is 12.3 Å². The zero-order chi connectivity index (χ0) is 15.4. The monoisotopic (exact) mass is 290 g/mol. The van der Waals surface area contributed by atoms with Gasteiger partial charge in [0.05, 0.1) is 12.0 Å². The molecule has 3 nitrogen and oxygen atoms in total. The van der Waals surface area contributed by atoms with Gasteiger partial charge >= 0.3 is 0 Å². The van der Waals surface area contributed by atoms with Crippen molar-refractivity contribution in [2.75, 3.05) is 17.3 Å². The zero-order valence-corrected chi connectivity index (χ0v) is 13.1. The smallest absolute Gasteiger partial charge is 0.148 e. The SMILES string of the molecule is CC(Cc1ccco1)Nc1ccc(N(C)C(C)C)c(F)c1. The fraction of sp³-hybridized carbons (Fsp3) is 0.412. The van der Waals surface area contributed by atoms with Crippen LogP contribution in [0.1, 0.15) is 26.5 Å². The van der Waals surface area contributed by atoms with E-state index >= 15 is 0 Å². The van der Waals surface area contributed by atoms with Crippen molar-refractivity contribution in [3.05, 3.63) is 48.2 Å². The van der Waals surface area contributed by atoms with Crippen molar-refractivity contribution >= 4 is 11.4 Å². The molecule has 0 bridgehead atoms. The Morgan fingerprint density at radius 1 is 1.24 bits per heavy atom. The highest BCUT2D eigenvalue weighted by Crippen LogP contribution is 2.24. The number of benzene rings is 1. The molecule has 4 heteroatoms. The second kappa shape index (κ2) is 6.66. The predicted molar refractivity (Wildman–Crippen MR) is 85.4 cm³/mol. The molecule has 1 aromatic heterocycles. The van der Waals surface area contributed by atoms with Crippen LogP contribution in [0, 0.1) is 5.82 Å². The van der Waals surface area contributed by atoms with Crippen LogP contribution < -0.4 is 10.2 Å². The van der Waals surface area contributed by atoms with Gasteiger partial charge in [-0.15, -0.1) is 0 Å². The minimum absolute atomic E-state index is 0.171. The Hall–Kier alpha value is -1.97. The van der Waals surface area contributed by atoms with E-state index in [4.69, 9.17) is 4.42 Å². The van der Waals surface area contributed by atoms with Crippen molar-refractivity contribution in [1.29, 1.82) is 0 Å². The maximum absolute atomic E-state index is 14.2. The summed E-state index contributed by atoms with van der Waals surface area (Å²) in [4.78, 5) is 1.92. The topological polar surface area (TPSA) is 28.4 Å². The van der Waals surface area contributed by atoms with Crippen LogP contribution in [0.5, 0.6) is 0 Å². The number of nitrogens with one attached hydrogen (secondary N) is 1. The molecule has 1 atom stereocenters. The average molecular weight is 290 g/mol. The minimum atomic E-state index is -0.207. The molecule has 0 spiro atoms. The van der Waals surface area contributed by atoms with E-state index in [2.05, 4.69) is 12.2 Å². The van der Waals surface area contributed by atoms with Gasteiger partial charge in [-0.25, -0.2) is 4.39 Å². The molecule has 0 aliphatic rings. The average Bonchev–Trinajstić information content (AvgIpc) is 2.90. The fourth-order valence-corrected chi connectivity index (χ4v) is 2.23. The molecule has 0 aliphatic heterocycles. The first-order valence-electron chi connectivity index (χ1n) is 7.28. The van der Waals surface area contributed by atoms with Gasteiger partial charge in [0.1, 0.15) is 11.6 Å². The first-order chi connectivity index (χ1) is 9.97. The molecule has 114 valence electrons. The molecule has 0 radical (unpaired) electrons. The summed E-state index contributed by atoms with van der Waals surface area (Å²) in [5.74, 6) is 0.716. The molecule has 21 heavy (non-hydrogen) atoms. The lowest BCUT2D eigenvalue weighted by Crippen LogP contribution is -2.26. The van der Waals surface area contributed by atoms with Crippen LogP contribution in [0.25, 0.3) is 0 Å². The largest absolute Gasteiger partial charge is 0.469 e. The molecule has 1 unspecified atom stereocenters. The van der Waals surface area contributed by atoms with E-state index in [0.717, 1.165) is 17.9 Å². The molecule has 0 amide bonds. The zero-order valence-electron chi connectivity index (χ0n) is 13.1. The molecule has 1 aromatic carbocycles. The van der Waals surface area contributed by atoms with E-state index in [0.29, 0.717) is 5.69 Å². The first kappa shape index (κ1) is 15.4. The summed E-state index contributed by atoms with van der Waals surface area (Å²) in [5, 5.41) is 3.30. The third kappa shape index (κ3) is 4.00. The van der Waals surface area contributed by atoms with Crippen molar-refractivity contribution < 1.29 is 8.81 Å². The van der Waals surface area contributed by atoms with Gasteiger partial charge in [0, 0.05) is 31.2 Å². The minimum Gasteiger partial charge on any atom is -0.469 e. The molecule has 0 aliphatic carbocycles. The van der Waals surface area contributed by atoms with E-state index in [1.807, 2.05) is 50.1 Å². The van der Waals surface area contributed by atoms with E-state index < -0.39 is 0 Å². The summed E-state index contributed by atoms with van der Waals surface area (Å²) in [6, 6.07) is 9.53. The molecule has 0 fully saturated rings. The van der Waals surface area contributed by atoms with Crippen LogP contribution in [0.15, 0.2) is 41.0 Å². The summed E-state index contributed by atoms with van der Waals surface area (Å²) in [5.41, 5.74) is 1.40. The van der Waals surface area contributed by atoms with Gasteiger partial charge in [-0.05, 0) is 51.1 Å². The number of nitrogens with zero attached hydrogens (tertiary/aromatic N) is 1. The second-order valence-corrected chi connectivity index (χ2v) is 5.70. The highest BCUT2D eigenvalue weighted by molar-refractivity contribution is 5.56. The summed E-state index contributed by atoms with van der Waals surface area (Å²) in [7, 11) is 1.90. The van der Waals surface area contributed by atoms with E-state index in [-0.39, 0.29) is 17.9 Å². The molecule has 1 N–H and O–H groups in total. The second-order valence-electron chi connectivity index (χ2n) is 5.70. The lowest BCUT2D eigenvalue weighted by molar-refractivity contribution is 0.497. The highest BCUT2D eigenvalue weighted by Gasteiger charge is 2.12. The van der Waals surface area contributed by atoms with Crippen LogP contribution in [0.4, 0.5) is 15.8 Å². The quantitative estimate of drug-likeness (QED) is 0.859. The normalized spacial score (nSPS) is 12.5. The Balaban J connectivity index is 2.03. The van der Waals surface area contributed by atoms with Crippen LogP contribution in [0.2, 0.25) is 0 Å². The third-order valence-corrected chi connectivity index (χ3v) is 3.60. The van der Waals surface area contributed by atoms with Crippen molar-refractivity contribution in [1.82, 2.24) is 0 Å². The molecular weight excluding hydrogens is 267 g/mol. The van der Waals surface area contributed by atoms with Gasteiger partial charge in [0.2, 0.25) is 0 Å². The van der Waals surface area contributed by atoms with Gasteiger partial charge in [0.15, 0.2) is 0 Å². The lowest BCUT2D eigenvalue weighted by Gasteiger charge is -2.25. The van der Waals surface area contributed by atoms with Crippen molar-refractivity contribution in [3.63, 3.8) is 0 Å². The predicted octanol–water partition coefficient (Wildman–Crippen LogP) is 4.31. The van der Waals surface area contributed by atoms with Gasteiger partial charge in [-0.2, -0.15) is 0 Å². The molecular formula is C17H23FN2O. The number of halogens is 1. The lowest BCUT2D eigenvalue weighted by atomic mass is 10.1. The van der Waals surface area contributed by atoms with Crippen LogP contribution >= 0.6 is 0 Å². The number of hydrogen-bond donors (Lipinski definition) is 1. The Labute approximate surface area is 125 Å². The Kier molecular flexibility index (Phi) is 4.89. The number of hydrogen-bond acceptors (Lipinski definition) is 3. The Bertz CT molecular complexity index is 566. The molecule has 1 heterocycles. The van der Waals surface area contributed by atoms with E-state index in [1.165, 1.54) is 0 Å². The van der Waals surface area contributed by atoms with Gasteiger partial charge < -0.3 is 14.6 Å². The van der Waals surface area contributed by atoms with Gasteiger partial charge in [-0.3, -0.25) is 0 Å². The number of furan rings is 1. The Morgan fingerprint density at radius 2 is 2.00 bits per heavy atom. The molecule has 0 saturated carbocycles. The molecule has 0 saturated heterocycles. The summed E-state index contributed by atoms with van der Waals surface area (Å²) >= 11 is 0. The van der Waals surface area contributed by atoms with Crippen LogP contribution in [0.3, 0.4) is 0 Å². The highest BCUT2D eigenvalue weighted by atomic mass is 19.1. The van der Waals surface area contributed by atoms with Crippen molar-refractivity contribution in [2.45, 2.75) is 39.3 Å².